The number of hydrogen-bond donors (Lipinski definition) is 0. The van der Waals surface area contributed by atoms with Crippen molar-refractivity contribution < 1.29 is 29.1 Å². The maximum atomic E-state index is 15.9. The molecule has 2 aromatic heterocycles. The largest absolute Gasteiger partial charge is 0.501 e. The molecule has 5 heteroatoms. The standard InChI is InChI=1S/C26H34OP.C25H20NO.Ir/c27-28(24-4-2-1-3-5-24,25-12-18-6-19(13-25)8-20(7-18)14-25)26-15-21-9-22(16-26)11-23(10-21)17-26;1-16(2)15-17-7-5-11-22-18(17)13-14-23(26-22)21-10-6-9-20-19-8-3-4-12-24(19)27-25(20)21;/h1-4,18-23H,6-17H2;3-9,11-14,16H,15H2,1-2H3;/q2*-1;. The van der Waals surface area contributed by atoms with E-state index in [-0.39, 0.29) is 30.4 Å². The molecule has 0 amide bonds. The van der Waals surface area contributed by atoms with Crippen LogP contribution in [-0.2, 0) is 31.1 Å². The number of fused-ring (bicyclic) bond motifs is 4. The van der Waals surface area contributed by atoms with Crippen molar-refractivity contribution in [2.45, 2.75) is 108 Å². The van der Waals surface area contributed by atoms with Crippen LogP contribution in [0.15, 0.2) is 95.4 Å². The Kier molecular flexibility index (Phi) is 9.36. The molecular formula is C51H54IrNO2P-2. The Morgan fingerprint density at radius 1 is 0.661 bits per heavy atom. The third-order valence-electron chi connectivity index (χ3n) is 15.4. The van der Waals surface area contributed by atoms with E-state index in [0.29, 0.717) is 5.92 Å². The molecule has 8 bridgehead atoms. The van der Waals surface area contributed by atoms with Gasteiger partial charge in [0.2, 0.25) is 0 Å². The van der Waals surface area contributed by atoms with Gasteiger partial charge in [0.1, 0.15) is 12.7 Å². The summed E-state index contributed by atoms with van der Waals surface area (Å²) >= 11 is 0. The minimum atomic E-state index is -2.53. The zero-order valence-corrected chi connectivity index (χ0v) is 36.2. The van der Waals surface area contributed by atoms with E-state index in [4.69, 9.17) is 9.40 Å². The Morgan fingerprint density at radius 3 is 1.86 bits per heavy atom. The Labute approximate surface area is 346 Å². The quantitative estimate of drug-likeness (QED) is 0.123. The minimum absolute atomic E-state index is 0. The van der Waals surface area contributed by atoms with Crippen molar-refractivity contribution in [3.8, 4) is 11.3 Å². The number of hydrogen-bond acceptors (Lipinski definition) is 3. The average Bonchev–Trinajstić information content (AvgIpc) is 3.56. The van der Waals surface area contributed by atoms with E-state index in [1.165, 1.54) is 93.3 Å². The SMILES string of the molecule is CC(C)Cc1cccc2nc(-c3[c-]ccc4c3oc3ccccc34)ccc12.O=P(c1[c-]cccc1)(C12CC3CC(CC(C3)C1)C2)C12CC3CC(CC(C3)C1)C2.[Ir]. The van der Waals surface area contributed by atoms with Gasteiger partial charge in [-0.2, -0.15) is 30.3 Å². The maximum Gasteiger partial charge on any atom is 0.120 e. The van der Waals surface area contributed by atoms with Gasteiger partial charge in [0, 0.05) is 41.2 Å². The van der Waals surface area contributed by atoms with Gasteiger partial charge in [-0.25, -0.2) is 0 Å². The number of nitrogens with zero attached hydrogens (tertiary/aromatic N) is 1. The molecule has 4 aromatic carbocycles. The van der Waals surface area contributed by atoms with Gasteiger partial charge in [-0.15, -0.1) is 23.5 Å². The normalized spacial score (nSPS) is 32.1. The molecule has 8 aliphatic rings. The minimum Gasteiger partial charge on any atom is -0.501 e. The van der Waals surface area contributed by atoms with Gasteiger partial charge in [0.15, 0.2) is 0 Å². The number of benzene rings is 4. The first-order valence-corrected chi connectivity index (χ1v) is 23.3. The summed E-state index contributed by atoms with van der Waals surface area (Å²) in [6.07, 6.45) is 17.4. The van der Waals surface area contributed by atoms with E-state index in [0.717, 1.165) is 80.6 Å². The van der Waals surface area contributed by atoms with Gasteiger partial charge >= 0.3 is 0 Å². The van der Waals surface area contributed by atoms with Crippen LogP contribution in [0.1, 0.15) is 96.5 Å². The monoisotopic (exact) mass is 936 g/mol. The molecule has 3 nitrogen and oxygen atoms in total. The Bertz CT molecular complexity index is 2350. The van der Waals surface area contributed by atoms with Crippen LogP contribution in [0.2, 0.25) is 0 Å². The Balaban J connectivity index is 0.000000135. The van der Waals surface area contributed by atoms with E-state index in [1.54, 1.807) is 0 Å². The second-order valence-electron chi connectivity index (χ2n) is 19.6. The number of rotatable bonds is 6. The molecule has 0 saturated heterocycles. The molecule has 6 aromatic rings. The molecule has 291 valence electrons. The van der Waals surface area contributed by atoms with Gasteiger partial charge < -0.3 is 8.98 Å². The van der Waals surface area contributed by atoms with Gasteiger partial charge in [0.25, 0.3) is 0 Å². The number of pyridine rings is 1. The van der Waals surface area contributed by atoms with Crippen LogP contribution in [0.4, 0.5) is 0 Å². The van der Waals surface area contributed by atoms with Gasteiger partial charge in [-0.05, 0) is 148 Å². The summed E-state index contributed by atoms with van der Waals surface area (Å²) < 4.78 is 22.0. The summed E-state index contributed by atoms with van der Waals surface area (Å²) in [5, 5.41) is 4.89. The first-order valence-electron chi connectivity index (χ1n) is 21.6. The van der Waals surface area contributed by atoms with E-state index in [1.807, 2.05) is 24.3 Å². The smallest absolute Gasteiger partial charge is 0.120 e. The first-order chi connectivity index (χ1) is 26.8. The van der Waals surface area contributed by atoms with Crippen LogP contribution < -0.4 is 5.30 Å². The van der Waals surface area contributed by atoms with Crippen molar-refractivity contribution in [1.29, 1.82) is 0 Å². The summed E-state index contributed by atoms with van der Waals surface area (Å²) in [7, 11) is -2.53. The molecule has 8 saturated carbocycles. The molecule has 0 unspecified atom stereocenters. The Hall–Kier alpha value is -3.03. The zero-order chi connectivity index (χ0) is 36.9. The van der Waals surface area contributed by atoms with E-state index < -0.39 is 7.14 Å². The number of para-hydroxylation sites is 1. The van der Waals surface area contributed by atoms with Crippen LogP contribution >= 0.6 is 7.14 Å². The molecule has 1 radical (unpaired) electrons. The fourth-order valence-electron chi connectivity index (χ4n) is 14.4. The molecule has 0 N–H and O–H groups in total. The summed E-state index contributed by atoms with van der Waals surface area (Å²) in [5.41, 5.74) is 5.94. The molecule has 14 rings (SSSR count). The Morgan fingerprint density at radius 2 is 1.27 bits per heavy atom. The molecule has 8 aliphatic carbocycles. The molecule has 56 heavy (non-hydrogen) atoms. The van der Waals surface area contributed by atoms with Gasteiger partial charge in [-0.3, -0.25) is 4.98 Å². The van der Waals surface area contributed by atoms with E-state index in [2.05, 4.69) is 92.7 Å². The second-order valence-corrected chi connectivity index (χ2v) is 23.2. The van der Waals surface area contributed by atoms with Crippen LogP contribution in [0, 0.1) is 53.6 Å². The molecule has 8 fully saturated rings. The first kappa shape index (κ1) is 37.3. The van der Waals surface area contributed by atoms with Crippen LogP contribution in [0.25, 0.3) is 44.1 Å². The van der Waals surface area contributed by atoms with E-state index in [9.17, 15) is 0 Å². The van der Waals surface area contributed by atoms with Gasteiger partial charge in [0.05, 0.1) is 11.1 Å². The fourth-order valence-corrected chi connectivity index (χ4v) is 20.0. The van der Waals surface area contributed by atoms with Crippen molar-refractivity contribution in [2.75, 3.05) is 0 Å². The van der Waals surface area contributed by atoms with Crippen molar-refractivity contribution in [3.63, 3.8) is 0 Å². The molecule has 0 aliphatic heterocycles. The van der Waals surface area contributed by atoms with Crippen LogP contribution in [0.5, 0.6) is 0 Å². The predicted molar refractivity (Wildman–Crippen MR) is 226 cm³/mol. The van der Waals surface area contributed by atoms with Crippen molar-refractivity contribution >= 4 is 45.3 Å². The molecule has 0 spiro atoms. The summed E-state index contributed by atoms with van der Waals surface area (Å²) in [4.78, 5) is 4.94. The van der Waals surface area contributed by atoms with Crippen molar-refractivity contribution in [1.82, 2.24) is 4.98 Å². The maximum absolute atomic E-state index is 15.9. The topological polar surface area (TPSA) is 43.1 Å². The van der Waals surface area contributed by atoms with E-state index >= 15 is 4.57 Å². The average molecular weight is 936 g/mol. The van der Waals surface area contributed by atoms with Gasteiger partial charge in [-0.1, -0.05) is 67.3 Å². The fraction of sp³-hybridized carbons (Fsp3) is 0.471. The molecule has 2 heterocycles. The number of aromatic nitrogens is 1. The zero-order valence-electron chi connectivity index (χ0n) is 32.9. The van der Waals surface area contributed by atoms with Crippen molar-refractivity contribution in [3.05, 3.63) is 109 Å². The second kappa shape index (κ2) is 14.1. The molecule has 0 atom stereocenters. The summed E-state index contributed by atoms with van der Waals surface area (Å²) in [6, 6.07) is 38.3. The van der Waals surface area contributed by atoms with Crippen molar-refractivity contribution in [2.24, 2.45) is 41.4 Å². The van der Waals surface area contributed by atoms with Crippen LogP contribution in [0.3, 0.4) is 0 Å². The third kappa shape index (κ3) is 5.89. The molecular weight excluding hydrogens is 882 g/mol. The summed E-state index contributed by atoms with van der Waals surface area (Å²) in [5.74, 6) is 5.85. The third-order valence-corrected chi connectivity index (χ3v) is 20.1. The number of furan rings is 1. The predicted octanol–water partition coefficient (Wildman–Crippen LogP) is 13.2. The van der Waals surface area contributed by atoms with Crippen LogP contribution in [-0.4, -0.2) is 15.3 Å². The summed E-state index contributed by atoms with van der Waals surface area (Å²) in [6.45, 7) is 4.50.